The zero-order chi connectivity index (χ0) is 45.4. The van der Waals surface area contributed by atoms with Crippen LogP contribution in [0.15, 0.2) is 259 Å². The Morgan fingerprint density at radius 2 is 0.768 bits per heavy atom. The van der Waals surface area contributed by atoms with Crippen LogP contribution in [-0.4, -0.2) is 4.57 Å². The Morgan fingerprint density at radius 3 is 1.35 bits per heavy atom. The van der Waals surface area contributed by atoms with Gasteiger partial charge < -0.3 is 4.42 Å². The number of nitrogens with zero attached hydrogens (tertiary/aromatic N) is 2. The Balaban J connectivity index is 1.10. The van der Waals surface area contributed by atoms with E-state index < -0.39 is 0 Å². The van der Waals surface area contributed by atoms with Crippen LogP contribution in [0.4, 0.5) is 0 Å². The van der Waals surface area contributed by atoms with Gasteiger partial charge in [0.1, 0.15) is 22.2 Å². The van der Waals surface area contributed by atoms with Gasteiger partial charge in [0, 0.05) is 38.2 Å². The molecule has 0 saturated carbocycles. The fourth-order valence-electron chi connectivity index (χ4n) is 11.4. The summed E-state index contributed by atoms with van der Waals surface area (Å²) in [5.74, 6) is 1.07. The Kier molecular flexibility index (Phi) is 8.96. The first kappa shape index (κ1) is 39.1. The van der Waals surface area contributed by atoms with Gasteiger partial charge in [-0.25, -0.2) is 4.57 Å². The molecule has 0 atom stereocenters. The molecule has 0 aliphatic heterocycles. The van der Waals surface area contributed by atoms with Crippen molar-refractivity contribution in [1.82, 2.24) is 4.57 Å². The van der Waals surface area contributed by atoms with Gasteiger partial charge in [-0.05, 0) is 98.1 Å². The summed E-state index contributed by atoms with van der Waals surface area (Å²) in [5.41, 5.74) is 20.8. The zero-order valence-corrected chi connectivity index (χ0v) is 37.6. The maximum absolute atomic E-state index is 6.87. The van der Waals surface area contributed by atoms with Crippen LogP contribution in [-0.2, 0) is 0 Å². The number of hydrogen-bond donors (Lipinski definition) is 0. The number of rotatable bonds is 7. The van der Waals surface area contributed by atoms with E-state index >= 15 is 0 Å². The number of fused-ring (bicyclic) bond motifs is 9. The SMILES string of the molecule is c1ccc(-c2ccccc2-c2ccc3c(c2)c2cc(-c4ccccc4-c4ccccc4)ccc2n3-c2c(-c3cccc4c3oc3ccccc34)ccc[n+]2C2c3ccccc3-c3ccccc32)cc1. The molecule has 3 heterocycles. The molecular formula is C66H43N2O+. The zero-order valence-electron chi connectivity index (χ0n) is 37.6. The lowest BCUT2D eigenvalue weighted by atomic mass is 9.92. The average molecular weight is 880 g/mol. The molecule has 14 rings (SSSR count). The Bertz CT molecular complexity index is 3960. The summed E-state index contributed by atoms with van der Waals surface area (Å²) in [5, 5.41) is 4.58. The molecule has 0 fully saturated rings. The number of para-hydroxylation sites is 2. The largest absolute Gasteiger partial charge is 0.455 e. The van der Waals surface area contributed by atoms with Gasteiger partial charge in [0.15, 0.2) is 6.04 Å². The highest BCUT2D eigenvalue weighted by Gasteiger charge is 2.37. The molecule has 0 unspecified atom stereocenters. The second-order valence-corrected chi connectivity index (χ2v) is 18.1. The second-order valence-electron chi connectivity index (χ2n) is 18.1. The van der Waals surface area contributed by atoms with Crippen LogP contribution in [0.3, 0.4) is 0 Å². The van der Waals surface area contributed by atoms with Gasteiger partial charge in [0.25, 0.3) is 5.82 Å². The molecule has 0 N–H and O–H groups in total. The van der Waals surface area contributed by atoms with Crippen LogP contribution in [0.5, 0.6) is 0 Å². The molecule has 1 aliphatic carbocycles. The summed E-state index contributed by atoms with van der Waals surface area (Å²) in [4.78, 5) is 0. The van der Waals surface area contributed by atoms with Gasteiger partial charge in [0.05, 0.1) is 11.8 Å². The van der Waals surface area contributed by atoms with E-state index in [1.807, 2.05) is 0 Å². The fourth-order valence-corrected chi connectivity index (χ4v) is 11.4. The lowest BCUT2D eigenvalue weighted by molar-refractivity contribution is -0.697. The highest BCUT2D eigenvalue weighted by molar-refractivity contribution is 6.14. The van der Waals surface area contributed by atoms with Crippen LogP contribution in [0.1, 0.15) is 17.2 Å². The number of pyridine rings is 1. The summed E-state index contributed by atoms with van der Waals surface area (Å²) in [6.45, 7) is 0. The van der Waals surface area contributed by atoms with Crippen molar-refractivity contribution in [3.05, 3.63) is 266 Å². The summed E-state index contributed by atoms with van der Waals surface area (Å²) >= 11 is 0. The summed E-state index contributed by atoms with van der Waals surface area (Å²) < 4.78 is 11.9. The molecule has 0 saturated heterocycles. The number of furan rings is 1. The third-order valence-electron chi connectivity index (χ3n) is 14.4. The smallest absolute Gasteiger partial charge is 0.295 e. The van der Waals surface area contributed by atoms with Crippen LogP contribution in [0.2, 0.25) is 0 Å². The van der Waals surface area contributed by atoms with Crippen LogP contribution >= 0.6 is 0 Å². The maximum Gasteiger partial charge on any atom is 0.295 e. The van der Waals surface area contributed by atoms with Crippen molar-refractivity contribution in [3.8, 4) is 72.6 Å². The lowest BCUT2D eigenvalue weighted by Crippen LogP contribution is -2.44. The highest BCUT2D eigenvalue weighted by Crippen LogP contribution is 2.47. The van der Waals surface area contributed by atoms with Gasteiger partial charge in [-0.15, -0.1) is 0 Å². The lowest BCUT2D eigenvalue weighted by Gasteiger charge is -2.19. The Labute approximate surface area is 400 Å². The molecule has 10 aromatic carbocycles. The highest BCUT2D eigenvalue weighted by atomic mass is 16.3. The fraction of sp³-hybridized carbons (Fsp3) is 0.0152. The normalized spacial score (nSPS) is 12.3. The first-order valence-corrected chi connectivity index (χ1v) is 23.8. The molecule has 0 radical (unpaired) electrons. The van der Waals surface area contributed by atoms with Crippen molar-refractivity contribution in [2.45, 2.75) is 6.04 Å². The quantitative estimate of drug-likeness (QED) is 0.146. The molecule has 13 aromatic rings. The van der Waals surface area contributed by atoms with Crippen molar-refractivity contribution in [2.24, 2.45) is 0 Å². The van der Waals surface area contributed by atoms with E-state index in [2.05, 4.69) is 264 Å². The minimum absolute atomic E-state index is 0.0937. The molecule has 3 nitrogen and oxygen atoms in total. The molecular weight excluding hydrogens is 837 g/mol. The second kappa shape index (κ2) is 15.8. The molecule has 3 heteroatoms. The summed E-state index contributed by atoms with van der Waals surface area (Å²) in [6.07, 6.45) is 2.29. The third kappa shape index (κ3) is 6.18. The van der Waals surface area contributed by atoms with Crippen molar-refractivity contribution in [2.75, 3.05) is 0 Å². The van der Waals surface area contributed by atoms with E-state index in [0.717, 1.165) is 49.9 Å². The monoisotopic (exact) mass is 879 g/mol. The standard InChI is InChI=1S/C66H43N2O/c1-3-19-43(20-4-1)47-23-7-9-25-49(47)45-36-38-61-59(41-45)60-42-46(50-26-10-8-24-48(50)44-21-5-2-6-22-44)37-39-62(60)68(61)66-58(57-33-17-32-56-53-29-15-16-35-63(53)69-65(56)57)34-18-40-67(66)64-54-30-13-11-27-51(54)52-28-12-14-31-55(52)64/h1-42,64H/q+1. The minimum atomic E-state index is -0.0937. The van der Waals surface area contributed by atoms with Crippen molar-refractivity contribution < 1.29 is 8.98 Å². The number of hydrogen-bond acceptors (Lipinski definition) is 1. The number of aromatic nitrogens is 2. The van der Waals surface area contributed by atoms with Gasteiger partial charge in [0.2, 0.25) is 0 Å². The van der Waals surface area contributed by atoms with E-state index in [9.17, 15) is 0 Å². The first-order valence-electron chi connectivity index (χ1n) is 23.8. The summed E-state index contributed by atoms with van der Waals surface area (Å²) in [6, 6.07) is 90.5. The minimum Gasteiger partial charge on any atom is -0.455 e. The number of benzene rings is 10. The predicted molar refractivity (Wildman–Crippen MR) is 285 cm³/mol. The third-order valence-corrected chi connectivity index (χ3v) is 14.4. The first-order chi connectivity index (χ1) is 34.3. The van der Waals surface area contributed by atoms with Crippen LogP contribution < -0.4 is 4.57 Å². The maximum atomic E-state index is 6.87. The molecule has 0 amide bonds. The van der Waals surface area contributed by atoms with Crippen LogP contribution in [0.25, 0.3) is 116 Å². The van der Waals surface area contributed by atoms with E-state index in [4.69, 9.17) is 4.42 Å². The van der Waals surface area contributed by atoms with E-state index in [-0.39, 0.29) is 6.04 Å². The van der Waals surface area contributed by atoms with Gasteiger partial charge in [-0.2, -0.15) is 4.57 Å². The van der Waals surface area contributed by atoms with E-state index in [1.165, 1.54) is 77.5 Å². The van der Waals surface area contributed by atoms with Gasteiger partial charge >= 0.3 is 0 Å². The molecule has 0 spiro atoms. The predicted octanol–water partition coefficient (Wildman–Crippen LogP) is 16.9. The molecule has 3 aromatic heterocycles. The summed E-state index contributed by atoms with van der Waals surface area (Å²) in [7, 11) is 0. The van der Waals surface area contributed by atoms with E-state index in [0.29, 0.717) is 0 Å². The van der Waals surface area contributed by atoms with Crippen molar-refractivity contribution in [3.63, 3.8) is 0 Å². The average Bonchev–Trinajstić information content (AvgIpc) is 4.08. The molecule has 0 bridgehead atoms. The van der Waals surface area contributed by atoms with Crippen LogP contribution in [0, 0.1) is 0 Å². The van der Waals surface area contributed by atoms with Crippen molar-refractivity contribution in [1.29, 1.82) is 0 Å². The topological polar surface area (TPSA) is 21.9 Å². The van der Waals surface area contributed by atoms with Gasteiger partial charge in [-0.1, -0.05) is 206 Å². The Hall–Kier alpha value is -9.05. The molecule has 69 heavy (non-hydrogen) atoms. The molecule has 1 aliphatic rings. The van der Waals surface area contributed by atoms with Gasteiger partial charge in [-0.3, -0.25) is 0 Å². The molecule has 322 valence electrons. The Morgan fingerprint density at radius 1 is 0.319 bits per heavy atom. The van der Waals surface area contributed by atoms with Crippen molar-refractivity contribution >= 4 is 43.7 Å². The van der Waals surface area contributed by atoms with E-state index in [1.54, 1.807) is 0 Å².